The first-order valence-electron chi connectivity index (χ1n) is 8.60. The zero-order valence-corrected chi connectivity index (χ0v) is 15.0. The highest BCUT2D eigenvalue weighted by molar-refractivity contribution is 5.89. The van der Waals surface area contributed by atoms with Gasteiger partial charge >= 0.3 is 0 Å². The minimum absolute atomic E-state index is 0.161. The zero-order valence-electron chi connectivity index (χ0n) is 15.0. The molecule has 0 unspecified atom stereocenters. The Hall–Kier alpha value is -3.00. The number of carbonyl (C=O) groups is 2. The highest BCUT2D eigenvalue weighted by Gasteiger charge is 2.24. The summed E-state index contributed by atoms with van der Waals surface area (Å²) >= 11 is 0. The lowest BCUT2D eigenvalue weighted by Gasteiger charge is -2.20. The molecule has 0 spiro atoms. The van der Waals surface area contributed by atoms with Crippen molar-refractivity contribution in [2.45, 2.75) is 38.5 Å². The first-order valence-corrected chi connectivity index (χ1v) is 8.60. The molecule has 0 saturated carbocycles. The van der Waals surface area contributed by atoms with Crippen molar-refractivity contribution in [1.29, 1.82) is 0 Å². The van der Waals surface area contributed by atoms with Crippen LogP contribution in [-0.4, -0.2) is 34.1 Å². The fourth-order valence-electron chi connectivity index (χ4n) is 2.37. The Morgan fingerprint density at radius 3 is 2.41 bits per heavy atom. The Bertz CT molecular complexity index is 766. The minimum Gasteiger partial charge on any atom is -0.384 e. The summed E-state index contributed by atoms with van der Waals surface area (Å²) in [5.74, 6) is -1.07. The van der Waals surface area contributed by atoms with Gasteiger partial charge in [-0.25, -0.2) is 9.37 Å². The Morgan fingerprint density at radius 2 is 1.81 bits per heavy atom. The molecule has 8 heteroatoms. The van der Waals surface area contributed by atoms with E-state index < -0.39 is 24.0 Å². The quantitative estimate of drug-likeness (QED) is 0.548. The number of halogens is 1. The monoisotopic (exact) mass is 374 g/mol. The van der Waals surface area contributed by atoms with Gasteiger partial charge in [-0.15, -0.1) is 0 Å². The Morgan fingerprint density at radius 1 is 1.15 bits per heavy atom. The number of hydrogen-bond acceptors (Lipinski definition) is 5. The number of amides is 2. The summed E-state index contributed by atoms with van der Waals surface area (Å²) < 4.78 is 13.1. The molecule has 0 aliphatic heterocycles. The maximum atomic E-state index is 13.1. The van der Waals surface area contributed by atoms with Crippen LogP contribution >= 0.6 is 0 Å². The first-order chi connectivity index (χ1) is 12.9. The van der Waals surface area contributed by atoms with E-state index >= 15 is 0 Å². The van der Waals surface area contributed by atoms with Crippen LogP contribution in [0.5, 0.6) is 0 Å². The second-order valence-corrected chi connectivity index (χ2v) is 6.12. The van der Waals surface area contributed by atoms with Crippen LogP contribution in [0, 0.1) is 5.82 Å². The molecule has 2 atom stereocenters. The number of nitrogens with one attached hydrogen (secondary N) is 2. The van der Waals surface area contributed by atoms with Crippen LogP contribution in [0.2, 0.25) is 0 Å². The van der Waals surface area contributed by atoms with E-state index in [0.29, 0.717) is 11.4 Å². The molecule has 0 bridgehead atoms. The number of carbonyl (C=O) groups excluding carboxylic acids is 2. The van der Waals surface area contributed by atoms with Gasteiger partial charge in [-0.05, 0) is 35.7 Å². The van der Waals surface area contributed by atoms with Crippen LogP contribution < -0.4 is 16.4 Å². The molecule has 27 heavy (non-hydrogen) atoms. The summed E-state index contributed by atoms with van der Waals surface area (Å²) in [5, 5.41) is 14.9. The van der Waals surface area contributed by atoms with E-state index in [0.717, 1.165) is 5.56 Å². The Kier molecular flexibility index (Phi) is 7.25. The molecule has 1 aromatic heterocycles. The lowest BCUT2D eigenvalue weighted by atomic mass is 10.0. The highest BCUT2D eigenvalue weighted by Crippen LogP contribution is 2.08. The molecule has 2 aromatic rings. The number of aromatic nitrogens is 1. The fourth-order valence-corrected chi connectivity index (χ4v) is 2.37. The molecule has 2 rings (SSSR count). The lowest BCUT2D eigenvalue weighted by molar-refractivity contribution is -0.134. The fraction of sp³-hybridized carbons (Fsp3) is 0.316. The summed E-state index contributed by atoms with van der Waals surface area (Å²) in [6.45, 7) is 1.87. The van der Waals surface area contributed by atoms with Crippen molar-refractivity contribution in [3.63, 3.8) is 0 Å². The van der Waals surface area contributed by atoms with Gasteiger partial charge in [-0.3, -0.25) is 9.59 Å². The minimum atomic E-state index is -1.20. The second-order valence-electron chi connectivity index (χ2n) is 6.12. The Labute approximate surface area is 156 Å². The van der Waals surface area contributed by atoms with Gasteiger partial charge in [0.15, 0.2) is 0 Å². The number of nitrogens with zero attached hydrogens (tertiary/aromatic N) is 1. The number of pyridine rings is 1. The molecule has 7 nitrogen and oxygen atoms in total. The maximum absolute atomic E-state index is 13.1. The average molecular weight is 374 g/mol. The summed E-state index contributed by atoms with van der Waals surface area (Å²) in [4.78, 5) is 28.5. The number of nitrogen functional groups attached to an aromatic ring is 1. The van der Waals surface area contributed by atoms with Crippen LogP contribution in [0.4, 0.5) is 10.2 Å². The lowest BCUT2D eigenvalue weighted by Crippen LogP contribution is -2.50. The van der Waals surface area contributed by atoms with Crippen molar-refractivity contribution in [3.8, 4) is 0 Å². The van der Waals surface area contributed by atoms with E-state index in [9.17, 15) is 19.1 Å². The van der Waals surface area contributed by atoms with Crippen LogP contribution in [0.3, 0.4) is 0 Å². The largest absolute Gasteiger partial charge is 0.384 e. The number of aliphatic hydroxyl groups is 1. The van der Waals surface area contributed by atoms with Gasteiger partial charge in [-0.2, -0.15) is 0 Å². The van der Waals surface area contributed by atoms with Crippen molar-refractivity contribution >= 4 is 17.6 Å². The predicted octanol–water partition coefficient (Wildman–Crippen LogP) is 0.917. The number of rotatable bonds is 8. The van der Waals surface area contributed by atoms with E-state index in [1.165, 1.54) is 12.1 Å². The normalized spacial score (nSPS) is 12.9. The summed E-state index contributed by atoms with van der Waals surface area (Å²) in [6, 6.07) is 8.10. The summed E-state index contributed by atoms with van der Waals surface area (Å²) in [6.07, 6.45) is 0.737. The Balaban J connectivity index is 2.06. The van der Waals surface area contributed by atoms with Gasteiger partial charge in [0.1, 0.15) is 23.8 Å². The summed E-state index contributed by atoms with van der Waals surface area (Å²) in [7, 11) is 0. The van der Waals surface area contributed by atoms with Crippen LogP contribution in [0.15, 0.2) is 42.6 Å². The molecular weight excluding hydrogens is 351 g/mol. The van der Waals surface area contributed by atoms with Crippen molar-refractivity contribution < 1.29 is 19.1 Å². The van der Waals surface area contributed by atoms with E-state index in [1.54, 1.807) is 37.4 Å². The van der Waals surface area contributed by atoms with Gasteiger partial charge in [0.2, 0.25) is 11.8 Å². The number of hydrogen-bond donors (Lipinski definition) is 4. The van der Waals surface area contributed by atoms with E-state index in [1.807, 2.05) is 0 Å². The van der Waals surface area contributed by atoms with E-state index in [-0.39, 0.29) is 25.2 Å². The standard InChI is InChI=1S/C19H23FN4O3/c1-2-16(25)19(27)24-15(9-12-3-6-14(20)7-4-12)18(26)23-11-13-5-8-17(21)22-10-13/h3-8,10,15-16,25H,2,9,11H2,1H3,(H2,21,22)(H,23,26)(H,24,27)/t15-,16+/m0/s1. The molecule has 144 valence electrons. The van der Waals surface area contributed by atoms with E-state index in [4.69, 9.17) is 5.73 Å². The third kappa shape index (κ3) is 6.34. The smallest absolute Gasteiger partial charge is 0.249 e. The molecule has 0 fully saturated rings. The molecule has 0 saturated heterocycles. The maximum Gasteiger partial charge on any atom is 0.249 e. The van der Waals surface area contributed by atoms with Gasteiger partial charge in [0.05, 0.1) is 0 Å². The van der Waals surface area contributed by atoms with Crippen LogP contribution in [0.1, 0.15) is 24.5 Å². The predicted molar refractivity (Wildman–Crippen MR) is 98.8 cm³/mol. The first kappa shape index (κ1) is 20.3. The second kappa shape index (κ2) is 9.63. The van der Waals surface area contributed by atoms with Crippen molar-refractivity contribution in [2.24, 2.45) is 0 Å². The number of anilines is 1. The third-order valence-corrected chi connectivity index (χ3v) is 3.99. The molecule has 1 heterocycles. The topological polar surface area (TPSA) is 117 Å². The molecule has 0 aliphatic rings. The van der Waals surface area contributed by atoms with E-state index in [2.05, 4.69) is 15.6 Å². The molecule has 2 amide bonds. The van der Waals surface area contributed by atoms with Gasteiger partial charge in [-0.1, -0.05) is 25.1 Å². The SMILES string of the molecule is CC[C@@H](O)C(=O)N[C@@H](Cc1ccc(F)cc1)C(=O)NCc1ccc(N)nc1. The van der Waals surface area contributed by atoms with Gasteiger partial charge in [0, 0.05) is 19.2 Å². The van der Waals surface area contributed by atoms with Crippen molar-refractivity contribution in [3.05, 3.63) is 59.5 Å². The molecular formula is C19H23FN4O3. The molecule has 5 N–H and O–H groups in total. The number of nitrogens with two attached hydrogens (primary N) is 1. The highest BCUT2D eigenvalue weighted by atomic mass is 19.1. The summed E-state index contributed by atoms with van der Waals surface area (Å²) in [5.41, 5.74) is 6.95. The number of aliphatic hydroxyl groups excluding tert-OH is 1. The number of benzene rings is 1. The molecule has 0 radical (unpaired) electrons. The third-order valence-electron chi connectivity index (χ3n) is 3.99. The van der Waals surface area contributed by atoms with Gasteiger partial charge in [0.25, 0.3) is 0 Å². The van der Waals surface area contributed by atoms with Crippen LogP contribution in [0.25, 0.3) is 0 Å². The zero-order chi connectivity index (χ0) is 19.8. The van der Waals surface area contributed by atoms with Crippen molar-refractivity contribution in [2.75, 3.05) is 5.73 Å². The molecule has 0 aliphatic carbocycles. The molecule has 1 aromatic carbocycles. The average Bonchev–Trinajstić information content (AvgIpc) is 2.67. The van der Waals surface area contributed by atoms with Gasteiger partial charge < -0.3 is 21.5 Å². The van der Waals surface area contributed by atoms with Crippen molar-refractivity contribution in [1.82, 2.24) is 15.6 Å². The van der Waals surface area contributed by atoms with Crippen LogP contribution in [-0.2, 0) is 22.6 Å².